The molecular weight excluding hydrogens is 386 g/mol. The largest absolute Gasteiger partial charge is 0.306 e. The highest BCUT2D eigenvalue weighted by molar-refractivity contribution is 7.89. The molecule has 2 aliphatic rings. The summed E-state index contributed by atoms with van der Waals surface area (Å²) in [5.41, 5.74) is 3.75. The van der Waals surface area contributed by atoms with Crippen molar-refractivity contribution >= 4 is 21.6 Å². The van der Waals surface area contributed by atoms with E-state index in [9.17, 15) is 13.2 Å². The van der Waals surface area contributed by atoms with Gasteiger partial charge in [-0.05, 0) is 56.8 Å². The highest BCUT2D eigenvalue weighted by atomic mass is 32.2. The third-order valence-electron chi connectivity index (χ3n) is 6.03. The van der Waals surface area contributed by atoms with Gasteiger partial charge in [-0.2, -0.15) is 0 Å². The molecule has 29 heavy (non-hydrogen) atoms. The number of hydrogen-bond acceptors (Lipinski definition) is 4. The van der Waals surface area contributed by atoms with E-state index < -0.39 is 10.0 Å². The number of aryl methyl sites for hydroxylation is 1. The summed E-state index contributed by atoms with van der Waals surface area (Å²) >= 11 is 0. The van der Waals surface area contributed by atoms with E-state index in [4.69, 9.17) is 0 Å². The summed E-state index contributed by atoms with van der Waals surface area (Å²) in [6, 6.07) is 12.7. The van der Waals surface area contributed by atoms with Crippen LogP contribution in [0.2, 0.25) is 0 Å². The van der Waals surface area contributed by atoms with Crippen LogP contribution in [-0.4, -0.2) is 63.8 Å². The molecule has 154 valence electrons. The van der Waals surface area contributed by atoms with Gasteiger partial charge in [-0.3, -0.25) is 4.79 Å². The Kier molecular flexibility index (Phi) is 5.01. The van der Waals surface area contributed by atoms with Crippen LogP contribution in [0.4, 0.5) is 5.69 Å². The number of likely N-dealkylation sites (tertiary alicyclic amines) is 1. The molecule has 0 aromatic heterocycles. The first-order valence-electron chi connectivity index (χ1n) is 9.85. The lowest BCUT2D eigenvalue weighted by Crippen LogP contribution is -2.47. The van der Waals surface area contributed by atoms with E-state index in [-0.39, 0.29) is 22.8 Å². The summed E-state index contributed by atoms with van der Waals surface area (Å²) in [6.07, 6.45) is 0.899. The second-order valence-corrected chi connectivity index (χ2v) is 10.4. The molecule has 1 fully saturated rings. The van der Waals surface area contributed by atoms with Crippen molar-refractivity contribution in [1.82, 2.24) is 9.21 Å². The molecule has 2 aliphatic heterocycles. The summed E-state index contributed by atoms with van der Waals surface area (Å²) in [5.74, 6) is 0.143. The minimum absolute atomic E-state index is 0.101. The number of nitrogens with zero attached hydrogens (tertiary/aromatic N) is 3. The number of hydrogen-bond donors (Lipinski definition) is 0. The highest BCUT2D eigenvalue weighted by Gasteiger charge is 2.44. The maximum atomic E-state index is 13.6. The Balaban J connectivity index is 1.76. The number of carbonyl (C=O) groups is 1. The van der Waals surface area contributed by atoms with E-state index in [0.717, 1.165) is 29.5 Å². The monoisotopic (exact) mass is 413 g/mol. The van der Waals surface area contributed by atoms with Crippen LogP contribution in [0.5, 0.6) is 0 Å². The topological polar surface area (TPSA) is 60.9 Å². The Labute approximate surface area is 172 Å². The maximum absolute atomic E-state index is 13.6. The van der Waals surface area contributed by atoms with E-state index in [1.165, 1.54) is 37.4 Å². The van der Waals surface area contributed by atoms with Gasteiger partial charge < -0.3 is 9.80 Å². The lowest BCUT2D eigenvalue weighted by Gasteiger charge is -2.36. The van der Waals surface area contributed by atoms with Crippen molar-refractivity contribution in [3.05, 3.63) is 59.2 Å². The fraction of sp³-hybridized carbons (Fsp3) is 0.409. The van der Waals surface area contributed by atoms with Gasteiger partial charge in [0.1, 0.15) is 0 Å². The van der Waals surface area contributed by atoms with Crippen LogP contribution >= 0.6 is 0 Å². The minimum Gasteiger partial charge on any atom is -0.306 e. The number of piperidine rings is 1. The lowest BCUT2D eigenvalue weighted by molar-refractivity contribution is 0.0964. The molecule has 2 aromatic rings. The van der Waals surface area contributed by atoms with Crippen LogP contribution in [0.15, 0.2) is 47.4 Å². The average Bonchev–Trinajstić information content (AvgIpc) is 3.00. The molecule has 0 spiro atoms. The van der Waals surface area contributed by atoms with Crippen molar-refractivity contribution in [3.8, 4) is 0 Å². The van der Waals surface area contributed by atoms with Gasteiger partial charge in [-0.25, -0.2) is 12.7 Å². The van der Waals surface area contributed by atoms with Crippen LogP contribution in [0.3, 0.4) is 0 Å². The molecule has 7 heteroatoms. The highest BCUT2D eigenvalue weighted by Crippen LogP contribution is 2.45. The zero-order valence-electron chi connectivity index (χ0n) is 17.3. The quantitative estimate of drug-likeness (QED) is 0.776. The lowest BCUT2D eigenvalue weighted by atomic mass is 9.88. The molecule has 1 amide bonds. The summed E-state index contributed by atoms with van der Waals surface area (Å²) in [4.78, 5) is 17.9. The van der Waals surface area contributed by atoms with Crippen LogP contribution < -0.4 is 4.90 Å². The summed E-state index contributed by atoms with van der Waals surface area (Å²) in [6.45, 7) is 3.93. The SMILES string of the molecule is Cc1ccc2c(c1)[C@@H]1CN(C)CC[C@@H]1N2C(=O)c1cccc(S(=O)(=O)N(C)C)c1. The summed E-state index contributed by atoms with van der Waals surface area (Å²) in [5, 5.41) is 0. The number of sulfonamides is 1. The van der Waals surface area contributed by atoms with E-state index in [1.54, 1.807) is 12.1 Å². The molecule has 0 saturated carbocycles. The maximum Gasteiger partial charge on any atom is 0.258 e. The average molecular weight is 414 g/mol. The van der Waals surface area contributed by atoms with Crippen molar-refractivity contribution in [2.24, 2.45) is 0 Å². The predicted octanol–water partition coefficient (Wildman–Crippen LogP) is 2.69. The molecule has 2 heterocycles. The molecule has 0 unspecified atom stereocenters. The molecule has 0 aliphatic carbocycles. The number of amides is 1. The van der Waals surface area contributed by atoms with Crippen LogP contribution in [-0.2, 0) is 10.0 Å². The van der Waals surface area contributed by atoms with Crippen molar-refractivity contribution in [1.29, 1.82) is 0 Å². The number of benzene rings is 2. The first-order chi connectivity index (χ1) is 13.7. The van der Waals surface area contributed by atoms with Gasteiger partial charge in [0, 0.05) is 43.9 Å². The molecule has 0 radical (unpaired) electrons. The standard InChI is InChI=1S/C22H27N3O3S/c1-15-8-9-20-18(12-15)19-14-24(4)11-10-21(19)25(20)22(26)16-6-5-7-17(13-16)29(27,28)23(2)3/h5-9,12-13,19,21H,10-11,14H2,1-4H3/t19-,21-/m0/s1. The zero-order chi connectivity index (χ0) is 20.9. The molecule has 0 bridgehead atoms. The van der Waals surface area contributed by atoms with E-state index in [2.05, 4.69) is 24.9 Å². The Morgan fingerprint density at radius 2 is 1.90 bits per heavy atom. The van der Waals surface area contributed by atoms with Crippen molar-refractivity contribution < 1.29 is 13.2 Å². The molecule has 2 aromatic carbocycles. The third kappa shape index (κ3) is 3.37. The molecule has 0 N–H and O–H groups in total. The van der Waals surface area contributed by atoms with Crippen molar-refractivity contribution in [3.63, 3.8) is 0 Å². The Morgan fingerprint density at radius 1 is 1.14 bits per heavy atom. The minimum atomic E-state index is -3.60. The summed E-state index contributed by atoms with van der Waals surface area (Å²) in [7, 11) is 1.50. The molecular formula is C22H27N3O3S. The van der Waals surface area contributed by atoms with Gasteiger partial charge >= 0.3 is 0 Å². The Hall–Kier alpha value is -2.22. The number of rotatable bonds is 3. The molecule has 4 rings (SSSR count). The number of fused-ring (bicyclic) bond motifs is 3. The van der Waals surface area contributed by atoms with Gasteiger partial charge in [-0.1, -0.05) is 23.8 Å². The van der Waals surface area contributed by atoms with Gasteiger partial charge in [0.15, 0.2) is 0 Å². The van der Waals surface area contributed by atoms with Gasteiger partial charge in [-0.15, -0.1) is 0 Å². The van der Waals surface area contributed by atoms with E-state index >= 15 is 0 Å². The first-order valence-corrected chi connectivity index (χ1v) is 11.3. The fourth-order valence-corrected chi connectivity index (χ4v) is 5.43. The molecule has 2 atom stereocenters. The fourth-order valence-electron chi connectivity index (χ4n) is 4.49. The number of carbonyl (C=O) groups excluding carboxylic acids is 1. The van der Waals surface area contributed by atoms with Gasteiger partial charge in [0.2, 0.25) is 10.0 Å². The third-order valence-corrected chi connectivity index (χ3v) is 7.84. The Bertz CT molecular complexity index is 1060. The second kappa shape index (κ2) is 7.23. The van der Waals surface area contributed by atoms with Crippen molar-refractivity contribution in [2.75, 3.05) is 39.1 Å². The zero-order valence-corrected chi connectivity index (χ0v) is 18.1. The van der Waals surface area contributed by atoms with Crippen molar-refractivity contribution in [2.45, 2.75) is 30.2 Å². The van der Waals surface area contributed by atoms with Gasteiger partial charge in [0.25, 0.3) is 5.91 Å². The summed E-state index contributed by atoms with van der Waals surface area (Å²) < 4.78 is 26.2. The van der Waals surface area contributed by atoms with Crippen LogP contribution in [0.25, 0.3) is 0 Å². The van der Waals surface area contributed by atoms with Crippen LogP contribution in [0.1, 0.15) is 33.8 Å². The number of likely N-dealkylation sites (N-methyl/N-ethyl adjacent to an activating group) is 1. The first kappa shape index (κ1) is 20.1. The van der Waals surface area contributed by atoms with Gasteiger partial charge in [0.05, 0.1) is 4.90 Å². The van der Waals surface area contributed by atoms with E-state index in [0.29, 0.717) is 5.56 Å². The smallest absolute Gasteiger partial charge is 0.258 e. The van der Waals surface area contributed by atoms with Crippen LogP contribution in [0, 0.1) is 6.92 Å². The molecule has 6 nitrogen and oxygen atoms in total. The predicted molar refractivity (Wildman–Crippen MR) is 114 cm³/mol. The normalized spacial score (nSPS) is 21.9. The second-order valence-electron chi connectivity index (χ2n) is 8.28. The number of anilines is 1. The Morgan fingerprint density at radius 3 is 2.62 bits per heavy atom. The molecule has 1 saturated heterocycles. The van der Waals surface area contributed by atoms with E-state index in [1.807, 2.05) is 17.0 Å².